The van der Waals surface area contributed by atoms with Gasteiger partial charge < -0.3 is 0 Å². The summed E-state index contributed by atoms with van der Waals surface area (Å²) in [6.07, 6.45) is -4.48. The topological polar surface area (TPSA) is 12.9 Å². The lowest BCUT2D eigenvalue weighted by Gasteiger charge is -2.09. The van der Waals surface area contributed by atoms with Crippen LogP contribution in [-0.2, 0) is 11.5 Å². The molecule has 0 atom stereocenters. The van der Waals surface area contributed by atoms with Crippen LogP contribution in [-0.4, -0.2) is 4.98 Å². The van der Waals surface area contributed by atoms with Crippen LogP contribution in [0.2, 0.25) is 0 Å². The second-order valence-corrected chi connectivity index (χ2v) is 2.82. The first-order valence-electron chi connectivity index (χ1n) is 3.23. The van der Waals surface area contributed by atoms with Gasteiger partial charge in [0.2, 0.25) is 5.95 Å². The van der Waals surface area contributed by atoms with Gasteiger partial charge >= 0.3 is 6.18 Å². The highest BCUT2D eigenvalue weighted by Crippen LogP contribution is 2.31. The molecule has 1 rings (SSSR count). The standard InChI is InChI=1S/C7H4BrF4N/c8-3-5-4(7(10,11)12)1-2-6(9)13-5/h1-2H,3H2. The first-order chi connectivity index (χ1) is 5.95. The van der Waals surface area contributed by atoms with Crippen molar-refractivity contribution in [2.75, 3.05) is 0 Å². The van der Waals surface area contributed by atoms with E-state index < -0.39 is 17.7 Å². The zero-order valence-electron chi connectivity index (χ0n) is 6.20. The summed E-state index contributed by atoms with van der Waals surface area (Å²) >= 11 is 2.81. The van der Waals surface area contributed by atoms with Gasteiger partial charge in [0.1, 0.15) is 0 Å². The minimum atomic E-state index is -4.48. The van der Waals surface area contributed by atoms with Crippen molar-refractivity contribution in [2.45, 2.75) is 11.5 Å². The molecule has 0 aliphatic carbocycles. The van der Waals surface area contributed by atoms with Crippen molar-refractivity contribution in [3.63, 3.8) is 0 Å². The van der Waals surface area contributed by atoms with E-state index in [4.69, 9.17) is 0 Å². The van der Waals surface area contributed by atoms with Crippen LogP contribution in [0.1, 0.15) is 11.3 Å². The van der Waals surface area contributed by atoms with E-state index >= 15 is 0 Å². The molecule has 0 saturated heterocycles. The van der Waals surface area contributed by atoms with E-state index in [1.54, 1.807) is 0 Å². The Hall–Kier alpha value is -0.650. The molecular weight excluding hydrogens is 254 g/mol. The van der Waals surface area contributed by atoms with Gasteiger partial charge in [-0.05, 0) is 12.1 Å². The molecule has 0 aliphatic heterocycles. The molecule has 0 radical (unpaired) electrons. The van der Waals surface area contributed by atoms with E-state index in [1.807, 2.05) is 0 Å². The number of nitrogens with zero attached hydrogens (tertiary/aromatic N) is 1. The number of hydrogen-bond donors (Lipinski definition) is 0. The number of aromatic nitrogens is 1. The lowest BCUT2D eigenvalue weighted by Crippen LogP contribution is -2.10. The van der Waals surface area contributed by atoms with E-state index in [-0.39, 0.29) is 11.0 Å². The number of pyridine rings is 1. The normalized spacial score (nSPS) is 11.8. The molecule has 0 bridgehead atoms. The predicted octanol–water partition coefficient (Wildman–Crippen LogP) is 3.13. The van der Waals surface area contributed by atoms with Crippen molar-refractivity contribution in [2.24, 2.45) is 0 Å². The highest BCUT2D eigenvalue weighted by molar-refractivity contribution is 9.08. The van der Waals surface area contributed by atoms with Crippen LogP contribution in [0.15, 0.2) is 12.1 Å². The van der Waals surface area contributed by atoms with Crippen molar-refractivity contribution >= 4 is 15.9 Å². The minimum Gasteiger partial charge on any atom is -0.223 e. The summed E-state index contributed by atoms with van der Waals surface area (Å²) in [5.74, 6) is -0.914. The summed E-state index contributed by atoms with van der Waals surface area (Å²) in [6, 6.07) is 1.37. The van der Waals surface area contributed by atoms with E-state index in [2.05, 4.69) is 20.9 Å². The second kappa shape index (κ2) is 3.61. The number of rotatable bonds is 1. The smallest absolute Gasteiger partial charge is 0.223 e. The summed E-state index contributed by atoms with van der Waals surface area (Å²) < 4.78 is 49.0. The summed E-state index contributed by atoms with van der Waals surface area (Å²) in [5, 5.41) is -0.125. The Labute approximate surface area is 79.9 Å². The van der Waals surface area contributed by atoms with Crippen molar-refractivity contribution in [3.05, 3.63) is 29.3 Å². The van der Waals surface area contributed by atoms with Gasteiger partial charge in [0.25, 0.3) is 0 Å². The first-order valence-corrected chi connectivity index (χ1v) is 4.36. The van der Waals surface area contributed by atoms with Gasteiger partial charge in [-0.15, -0.1) is 0 Å². The van der Waals surface area contributed by atoms with Gasteiger partial charge in [-0.3, -0.25) is 0 Å². The Bertz CT molecular complexity index is 310. The fraction of sp³-hybridized carbons (Fsp3) is 0.286. The molecule has 6 heteroatoms. The number of halogens is 5. The van der Waals surface area contributed by atoms with Crippen LogP contribution < -0.4 is 0 Å². The van der Waals surface area contributed by atoms with Crippen molar-refractivity contribution in [1.82, 2.24) is 4.98 Å². The third-order valence-corrected chi connectivity index (χ3v) is 1.90. The quantitative estimate of drug-likeness (QED) is 0.428. The Balaban J connectivity index is 3.22. The molecule has 1 aromatic rings. The van der Waals surface area contributed by atoms with Crippen LogP contribution in [0, 0.1) is 5.95 Å². The van der Waals surface area contributed by atoms with E-state index in [0.29, 0.717) is 12.1 Å². The van der Waals surface area contributed by atoms with Crippen molar-refractivity contribution in [3.8, 4) is 0 Å². The molecule has 0 spiro atoms. The van der Waals surface area contributed by atoms with E-state index in [1.165, 1.54) is 0 Å². The maximum absolute atomic E-state index is 12.4. The molecule has 0 saturated carbocycles. The monoisotopic (exact) mass is 257 g/mol. The molecule has 13 heavy (non-hydrogen) atoms. The Kier molecular flexibility index (Phi) is 2.90. The maximum atomic E-state index is 12.4. The Morgan fingerprint density at radius 3 is 2.38 bits per heavy atom. The van der Waals surface area contributed by atoms with E-state index in [0.717, 1.165) is 0 Å². The van der Waals surface area contributed by atoms with Crippen LogP contribution in [0.5, 0.6) is 0 Å². The molecule has 1 heterocycles. The molecule has 72 valence electrons. The molecule has 0 aliphatic rings. The Morgan fingerprint density at radius 2 is 1.92 bits per heavy atom. The van der Waals surface area contributed by atoms with Crippen molar-refractivity contribution < 1.29 is 17.6 Å². The number of hydrogen-bond acceptors (Lipinski definition) is 1. The van der Waals surface area contributed by atoms with Gasteiger partial charge in [-0.1, -0.05) is 15.9 Å². The Morgan fingerprint density at radius 1 is 1.31 bits per heavy atom. The first kappa shape index (κ1) is 10.4. The number of alkyl halides is 4. The third kappa shape index (κ3) is 2.40. The molecule has 0 N–H and O–H groups in total. The van der Waals surface area contributed by atoms with Crippen LogP contribution in [0.3, 0.4) is 0 Å². The minimum absolute atomic E-state index is 0.125. The van der Waals surface area contributed by atoms with Crippen LogP contribution in [0.25, 0.3) is 0 Å². The maximum Gasteiger partial charge on any atom is 0.418 e. The van der Waals surface area contributed by atoms with Gasteiger partial charge in [0, 0.05) is 5.33 Å². The zero-order chi connectivity index (χ0) is 10.1. The van der Waals surface area contributed by atoms with Gasteiger partial charge in [-0.25, -0.2) is 4.98 Å². The zero-order valence-corrected chi connectivity index (χ0v) is 7.78. The predicted molar refractivity (Wildman–Crippen MR) is 41.8 cm³/mol. The summed E-state index contributed by atoms with van der Waals surface area (Å²) in [5.41, 5.74) is -1.25. The lowest BCUT2D eigenvalue weighted by molar-refractivity contribution is -0.138. The van der Waals surface area contributed by atoms with Gasteiger partial charge in [0.05, 0.1) is 11.3 Å². The highest BCUT2D eigenvalue weighted by Gasteiger charge is 2.33. The van der Waals surface area contributed by atoms with Crippen molar-refractivity contribution in [1.29, 1.82) is 0 Å². The lowest BCUT2D eigenvalue weighted by atomic mass is 10.2. The van der Waals surface area contributed by atoms with E-state index in [9.17, 15) is 17.6 Å². The second-order valence-electron chi connectivity index (χ2n) is 2.26. The summed E-state index contributed by atoms with van der Waals surface area (Å²) in [7, 11) is 0. The average molecular weight is 258 g/mol. The molecule has 1 aromatic heterocycles. The van der Waals surface area contributed by atoms with Crippen LogP contribution >= 0.6 is 15.9 Å². The molecule has 0 amide bonds. The molecule has 1 nitrogen and oxygen atoms in total. The molecular formula is C7H4BrF4N. The molecule has 0 unspecified atom stereocenters. The van der Waals surface area contributed by atoms with Crippen LogP contribution in [0.4, 0.5) is 17.6 Å². The summed E-state index contributed by atoms with van der Waals surface area (Å²) in [4.78, 5) is 3.12. The van der Waals surface area contributed by atoms with Gasteiger partial charge in [-0.2, -0.15) is 17.6 Å². The SMILES string of the molecule is Fc1ccc(C(F)(F)F)c(CBr)n1. The highest BCUT2D eigenvalue weighted by atomic mass is 79.9. The summed E-state index contributed by atoms with van der Waals surface area (Å²) in [6.45, 7) is 0. The average Bonchev–Trinajstić information content (AvgIpc) is 2.01. The fourth-order valence-electron chi connectivity index (χ4n) is 0.835. The molecule has 0 aromatic carbocycles. The van der Waals surface area contributed by atoms with Gasteiger partial charge in [0.15, 0.2) is 0 Å². The molecule has 0 fully saturated rings. The third-order valence-electron chi connectivity index (χ3n) is 1.37. The largest absolute Gasteiger partial charge is 0.418 e. The fourth-order valence-corrected chi connectivity index (χ4v) is 1.26.